The van der Waals surface area contributed by atoms with E-state index < -0.39 is 6.29 Å². The van der Waals surface area contributed by atoms with Gasteiger partial charge in [0.1, 0.15) is 12.6 Å². The normalized spacial score (nSPS) is 15.5. The Labute approximate surface area is 185 Å². The van der Waals surface area contributed by atoms with Crippen LogP contribution in [0.5, 0.6) is 0 Å². The summed E-state index contributed by atoms with van der Waals surface area (Å²) in [7, 11) is 0. The van der Waals surface area contributed by atoms with Gasteiger partial charge in [-0.2, -0.15) is 0 Å². The Morgan fingerprint density at radius 3 is 2.97 bits per heavy atom. The van der Waals surface area contributed by atoms with Crippen molar-refractivity contribution in [2.24, 2.45) is 0 Å². The van der Waals surface area contributed by atoms with Gasteiger partial charge in [-0.1, -0.05) is 38.0 Å². The van der Waals surface area contributed by atoms with Gasteiger partial charge in [-0.3, -0.25) is 0 Å². The zero-order chi connectivity index (χ0) is 21.8. The highest BCUT2D eigenvalue weighted by Crippen LogP contribution is 2.39. The second kappa shape index (κ2) is 9.29. The molecule has 0 saturated heterocycles. The van der Waals surface area contributed by atoms with E-state index in [1.54, 1.807) is 6.26 Å². The van der Waals surface area contributed by atoms with Crippen LogP contribution in [0.4, 0.5) is 5.82 Å². The van der Waals surface area contributed by atoms with Crippen LogP contribution in [-0.2, 0) is 16.0 Å². The van der Waals surface area contributed by atoms with Gasteiger partial charge < -0.3 is 25.1 Å². The minimum atomic E-state index is -0.590. The van der Waals surface area contributed by atoms with Crippen molar-refractivity contribution in [1.82, 2.24) is 24.8 Å². The Kier molecular flexibility index (Phi) is 6.30. The van der Waals surface area contributed by atoms with Crippen LogP contribution in [-0.4, -0.2) is 32.1 Å². The van der Waals surface area contributed by atoms with Crippen molar-refractivity contribution in [1.29, 1.82) is 0 Å². The van der Waals surface area contributed by atoms with E-state index in [0.717, 1.165) is 30.6 Å². The highest BCUT2D eigenvalue weighted by molar-refractivity contribution is 8.02. The van der Waals surface area contributed by atoms with Gasteiger partial charge in [0.25, 0.3) is 6.29 Å². The van der Waals surface area contributed by atoms with E-state index in [2.05, 4.69) is 40.0 Å². The Hall–Kier alpha value is -3.22. The fraction of sp³-hybridized carbons (Fsp3) is 0.318. The number of nitrogens with zero attached hydrogens (tertiary/aromatic N) is 4. The van der Waals surface area contributed by atoms with Crippen molar-refractivity contribution in [3.8, 4) is 12.3 Å². The third-order valence-electron chi connectivity index (χ3n) is 4.71. The molecule has 1 aliphatic heterocycles. The molecule has 1 aromatic carbocycles. The number of fused-ring (bicyclic) bond motifs is 1. The first-order valence-corrected chi connectivity index (χ1v) is 10.8. The number of aryl methyl sites for hydroxylation is 1. The number of nitrogens with one attached hydrogen (secondary N) is 1. The predicted molar refractivity (Wildman–Crippen MR) is 121 cm³/mol. The minimum Gasteiger partial charge on any atom is -0.454 e. The zero-order valence-corrected chi connectivity index (χ0v) is 18.2. The van der Waals surface area contributed by atoms with Crippen LogP contribution < -0.4 is 11.1 Å². The van der Waals surface area contributed by atoms with Crippen LogP contribution in [0.1, 0.15) is 37.7 Å². The molecule has 3 heterocycles. The first-order chi connectivity index (χ1) is 15.1. The van der Waals surface area contributed by atoms with Crippen LogP contribution in [0.3, 0.4) is 0 Å². The van der Waals surface area contributed by atoms with Crippen molar-refractivity contribution in [2.75, 3.05) is 12.3 Å². The Balaban J connectivity index is 1.53. The molecule has 0 aliphatic carbocycles. The Morgan fingerprint density at radius 2 is 2.16 bits per heavy atom. The molecular formula is C22H24N6O2S. The summed E-state index contributed by atoms with van der Waals surface area (Å²) in [6, 6.07) is 7.98. The lowest BCUT2D eigenvalue weighted by Gasteiger charge is -2.14. The van der Waals surface area contributed by atoms with Crippen molar-refractivity contribution < 1.29 is 9.47 Å². The summed E-state index contributed by atoms with van der Waals surface area (Å²) in [5.74, 6) is 3.02. The molecule has 160 valence electrons. The van der Waals surface area contributed by atoms with Crippen LogP contribution in [0.2, 0.25) is 0 Å². The van der Waals surface area contributed by atoms with Crippen LogP contribution in [0, 0.1) is 12.3 Å². The van der Waals surface area contributed by atoms with E-state index in [4.69, 9.17) is 21.6 Å². The predicted octanol–water partition coefficient (Wildman–Crippen LogP) is 3.41. The van der Waals surface area contributed by atoms with Crippen molar-refractivity contribution in [3.63, 3.8) is 0 Å². The number of ether oxygens (including phenoxy) is 2. The molecule has 4 rings (SSSR count). The summed E-state index contributed by atoms with van der Waals surface area (Å²) in [5.41, 5.74) is 8.86. The molecular weight excluding hydrogens is 412 g/mol. The molecule has 9 heteroatoms. The Morgan fingerprint density at radius 1 is 1.32 bits per heavy atom. The fourth-order valence-corrected chi connectivity index (χ4v) is 4.07. The summed E-state index contributed by atoms with van der Waals surface area (Å²) in [6.45, 7) is 5.86. The van der Waals surface area contributed by atoms with Gasteiger partial charge in [0.2, 0.25) is 5.09 Å². The fourth-order valence-electron chi connectivity index (χ4n) is 3.23. The number of anilines is 1. The maximum Gasteiger partial charge on any atom is 0.269 e. The number of hydrogen-bond donors (Lipinski definition) is 2. The molecule has 0 fully saturated rings. The zero-order valence-electron chi connectivity index (χ0n) is 17.4. The monoisotopic (exact) mass is 436 g/mol. The second-order valence-electron chi connectivity index (χ2n) is 7.30. The molecule has 0 radical (unpaired) electrons. The van der Waals surface area contributed by atoms with Crippen LogP contribution >= 0.6 is 11.8 Å². The van der Waals surface area contributed by atoms with Gasteiger partial charge in [-0.15, -0.1) is 6.42 Å². The molecule has 0 saturated carbocycles. The highest BCUT2D eigenvalue weighted by Gasteiger charge is 2.26. The maximum absolute atomic E-state index is 6.03. The number of hydrogen-bond acceptors (Lipinski definition) is 8. The topological polar surface area (TPSA) is 100 Å². The van der Waals surface area contributed by atoms with Crippen molar-refractivity contribution in [2.45, 2.75) is 44.3 Å². The van der Waals surface area contributed by atoms with E-state index in [9.17, 15) is 0 Å². The van der Waals surface area contributed by atoms with E-state index in [0.29, 0.717) is 33.3 Å². The number of thioether (sulfide) groups is 1. The van der Waals surface area contributed by atoms with Crippen LogP contribution in [0.15, 0.2) is 47.1 Å². The van der Waals surface area contributed by atoms with Crippen LogP contribution in [0.25, 0.3) is 11.2 Å². The lowest BCUT2D eigenvalue weighted by Crippen LogP contribution is -2.24. The average molecular weight is 437 g/mol. The number of imidazole rings is 1. The molecule has 3 N–H and O–H groups in total. The van der Waals surface area contributed by atoms with E-state index in [1.165, 1.54) is 18.1 Å². The SMILES string of the molecule is C#Cc1ccccc1C1OC=C(Sc2nc3c(N)ncnc3n2CCCNC(C)C)O1. The molecule has 1 aliphatic rings. The highest BCUT2D eigenvalue weighted by atomic mass is 32.2. The number of aromatic nitrogens is 4. The molecule has 1 atom stereocenters. The van der Waals surface area contributed by atoms with Gasteiger partial charge in [-0.25, -0.2) is 15.0 Å². The van der Waals surface area contributed by atoms with Crippen molar-refractivity contribution >= 4 is 28.7 Å². The number of nitrogens with two attached hydrogens (primary N) is 1. The molecule has 0 bridgehead atoms. The van der Waals surface area contributed by atoms with Gasteiger partial charge in [-0.05, 0) is 30.8 Å². The molecule has 2 aromatic heterocycles. The van der Waals surface area contributed by atoms with Crippen molar-refractivity contribution in [3.05, 3.63) is 53.1 Å². The molecule has 0 spiro atoms. The molecule has 1 unspecified atom stereocenters. The largest absolute Gasteiger partial charge is 0.454 e. The molecule has 3 aromatic rings. The standard InChI is InChI=1S/C22H24N6O2S/c1-4-15-8-5-6-9-16(15)21-29-12-17(30-21)31-22-27-18-19(23)25-13-26-20(18)28(22)11-7-10-24-14(2)3/h1,5-6,8-9,12-14,21,24H,7,10-11H2,2-3H3,(H2,23,25,26). The van der Waals surface area contributed by atoms with E-state index in [1.807, 2.05) is 28.8 Å². The summed E-state index contributed by atoms with van der Waals surface area (Å²) >= 11 is 1.36. The molecule has 31 heavy (non-hydrogen) atoms. The van der Waals surface area contributed by atoms with E-state index in [-0.39, 0.29) is 0 Å². The average Bonchev–Trinajstić information content (AvgIpc) is 3.37. The first-order valence-electron chi connectivity index (χ1n) is 10.0. The molecule has 0 amide bonds. The third-order valence-corrected chi connectivity index (χ3v) is 5.60. The van der Waals surface area contributed by atoms with Gasteiger partial charge in [0, 0.05) is 23.7 Å². The Bertz CT molecular complexity index is 1150. The summed E-state index contributed by atoms with van der Waals surface area (Å²) < 4.78 is 13.8. The van der Waals surface area contributed by atoms with Gasteiger partial charge >= 0.3 is 0 Å². The summed E-state index contributed by atoms with van der Waals surface area (Å²) in [6.07, 6.45) is 8.97. The minimum absolute atomic E-state index is 0.351. The third kappa shape index (κ3) is 4.60. The van der Waals surface area contributed by atoms with Gasteiger partial charge in [0.05, 0.1) is 0 Å². The first kappa shape index (κ1) is 21.0. The smallest absolute Gasteiger partial charge is 0.269 e. The second-order valence-corrected chi connectivity index (χ2v) is 8.27. The molecule has 8 nitrogen and oxygen atoms in total. The number of benzene rings is 1. The summed E-state index contributed by atoms with van der Waals surface area (Å²) in [4.78, 5) is 13.1. The quantitative estimate of drug-likeness (QED) is 0.409. The number of terminal acetylenes is 1. The maximum atomic E-state index is 6.03. The number of rotatable bonds is 8. The lowest BCUT2D eigenvalue weighted by molar-refractivity contribution is -0.0275. The number of nitrogen functional groups attached to an aromatic ring is 1. The van der Waals surface area contributed by atoms with Gasteiger partial charge in [0.15, 0.2) is 22.1 Å². The summed E-state index contributed by atoms with van der Waals surface area (Å²) in [5, 5.41) is 4.72. The van der Waals surface area contributed by atoms with E-state index >= 15 is 0 Å². The lowest BCUT2D eigenvalue weighted by atomic mass is 10.1.